The predicted molar refractivity (Wildman–Crippen MR) is 86.0 cm³/mol. The molecule has 1 fully saturated rings. The number of nitrogens with two attached hydrogens (primary N) is 1. The van der Waals surface area contributed by atoms with Crippen LogP contribution in [0.4, 0.5) is 11.4 Å². The summed E-state index contributed by atoms with van der Waals surface area (Å²) in [6.07, 6.45) is 2.45. The molecule has 1 aliphatic rings. The number of anilines is 2. The zero-order valence-corrected chi connectivity index (χ0v) is 12.7. The van der Waals surface area contributed by atoms with Crippen LogP contribution >= 0.6 is 0 Å². The van der Waals surface area contributed by atoms with Gasteiger partial charge in [0, 0.05) is 38.1 Å². The Morgan fingerprint density at radius 3 is 2.48 bits per heavy atom. The van der Waals surface area contributed by atoms with Crippen molar-refractivity contribution in [3.8, 4) is 0 Å². The third kappa shape index (κ3) is 4.11. The van der Waals surface area contributed by atoms with E-state index in [-0.39, 0.29) is 5.92 Å². The maximum absolute atomic E-state index is 11.0. The Morgan fingerprint density at radius 2 is 1.95 bits per heavy atom. The van der Waals surface area contributed by atoms with Gasteiger partial charge < -0.3 is 20.6 Å². The SMILES string of the molecule is CN(CCCN)c1ccc(N2CCC(C(=O)O)CC2)cc1. The summed E-state index contributed by atoms with van der Waals surface area (Å²) >= 11 is 0. The van der Waals surface area contributed by atoms with E-state index in [1.54, 1.807) is 0 Å². The van der Waals surface area contributed by atoms with Crippen molar-refractivity contribution in [3.63, 3.8) is 0 Å². The third-order valence-corrected chi connectivity index (χ3v) is 4.20. The number of benzene rings is 1. The standard InChI is InChI=1S/C16H25N3O2/c1-18(10-2-9-17)14-3-5-15(6-4-14)19-11-7-13(8-12-19)16(20)21/h3-6,13H,2,7-12,17H2,1H3,(H,20,21). The highest BCUT2D eigenvalue weighted by Gasteiger charge is 2.24. The molecule has 1 saturated heterocycles. The first kappa shape index (κ1) is 15.6. The van der Waals surface area contributed by atoms with Crippen molar-refractivity contribution in [2.24, 2.45) is 11.7 Å². The Bertz CT molecular complexity index is 453. The smallest absolute Gasteiger partial charge is 0.306 e. The molecular formula is C16H25N3O2. The Kier molecular flexibility index (Phi) is 5.44. The second kappa shape index (κ2) is 7.31. The van der Waals surface area contributed by atoms with Gasteiger partial charge in [-0.3, -0.25) is 4.79 Å². The van der Waals surface area contributed by atoms with Gasteiger partial charge in [0.05, 0.1) is 5.92 Å². The Balaban J connectivity index is 1.92. The van der Waals surface area contributed by atoms with Crippen LogP contribution in [0.25, 0.3) is 0 Å². The minimum Gasteiger partial charge on any atom is -0.481 e. The molecule has 0 amide bonds. The number of hydrogen-bond acceptors (Lipinski definition) is 4. The lowest BCUT2D eigenvalue weighted by molar-refractivity contribution is -0.142. The molecule has 2 rings (SSSR count). The van der Waals surface area contributed by atoms with Crippen LogP contribution < -0.4 is 15.5 Å². The highest BCUT2D eigenvalue weighted by molar-refractivity contribution is 5.70. The van der Waals surface area contributed by atoms with Gasteiger partial charge in [0.2, 0.25) is 0 Å². The molecule has 0 aliphatic carbocycles. The van der Waals surface area contributed by atoms with Gasteiger partial charge in [-0.15, -0.1) is 0 Å². The average molecular weight is 291 g/mol. The number of piperidine rings is 1. The maximum Gasteiger partial charge on any atom is 0.306 e. The average Bonchev–Trinajstić information content (AvgIpc) is 2.53. The van der Waals surface area contributed by atoms with E-state index in [0.29, 0.717) is 6.54 Å². The van der Waals surface area contributed by atoms with Gasteiger partial charge in [-0.2, -0.15) is 0 Å². The molecule has 0 saturated carbocycles. The summed E-state index contributed by atoms with van der Waals surface area (Å²) in [4.78, 5) is 15.4. The quantitative estimate of drug-likeness (QED) is 0.836. The van der Waals surface area contributed by atoms with Gasteiger partial charge in [0.25, 0.3) is 0 Å². The fourth-order valence-electron chi connectivity index (χ4n) is 2.76. The predicted octanol–water partition coefficient (Wildman–Crippen LogP) is 1.77. The summed E-state index contributed by atoms with van der Waals surface area (Å²) in [7, 11) is 2.07. The Labute approximate surface area is 126 Å². The van der Waals surface area contributed by atoms with Gasteiger partial charge in [-0.1, -0.05) is 0 Å². The van der Waals surface area contributed by atoms with Gasteiger partial charge >= 0.3 is 5.97 Å². The van der Waals surface area contributed by atoms with Crippen LogP contribution in [0.15, 0.2) is 24.3 Å². The molecule has 1 aromatic carbocycles. The molecule has 0 spiro atoms. The Hall–Kier alpha value is -1.75. The molecule has 116 valence electrons. The number of nitrogens with zero attached hydrogens (tertiary/aromatic N) is 2. The summed E-state index contributed by atoms with van der Waals surface area (Å²) in [5.41, 5.74) is 7.90. The lowest BCUT2D eigenvalue weighted by Crippen LogP contribution is -2.36. The first-order valence-corrected chi connectivity index (χ1v) is 7.61. The third-order valence-electron chi connectivity index (χ3n) is 4.20. The van der Waals surface area contributed by atoms with Gasteiger partial charge in [-0.05, 0) is 50.1 Å². The van der Waals surface area contributed by atoms with Crippen LogP contribution in [-0.2, 0) is 4.79 Å². The lowest BCUT2D eigenvalue weighted by Gasteiger charge is -2.32. The number of aliphatic carboxylic acids is 1. The summed E-state index contributed by atoms with van der Waals surface area (Å²) in [6.45, 7) is 3.31. The number of hydrogen-bond donors (Lipinski definition) is 2. The molecule has 5 heteroatoms. The molecular weight excluding hydrogens is 266 g/mol. The highest BCUT2D eigenvalue weighted by atomic mass is 16.4. The van der Waals surface area contributed by atoms with Crippen molar-refractivity contribution >= 4 is 17.3 Å². The second-order valence-corrected chi connectivity index (χ2v) is 5.68. The largest absolute Gasteiger partial charge is 0.481 e. The highest BCUT2D eigenvalue weighted by Crippen LogP contribution is 2.25. The van der Waals surface area contributed by atoms with E-state index in [9.17, 15) is 4.79 Å². The van der Waals surface area contributed by atoms with Crippen molar-refractivity contribution in [1.82, 2.24) is 0 Å². The summed E-state index contributed by atoms with van der Waals surface area (Å²) in [5.74, 6) is -0.838. The first-order chi connectivity index (χ1) is 10.1. The van der Waals surface area contributed by atoms with Crippen molar-refractivity contribution in [2.45, 2.75) is 19.3 Å². The Morgan fingerprint density at radius 1 is 1.33 bits per heavy atom. The van der Waals surface area contributed by atoms with Crippen LogP contribution in [0.2, 0.25) is 0 Å². The fourth-order valence-corrected chi connectivity index (χ4v) is 2.76. The molecule has 0 unspecified atom stereocenters. The number of carbonyl (C=O) groups is 1. The molecule has 0 aromatic heterocycles. The second-order valence-electron chi connectivity index (χ2n) is 5.68. The van der Waals surface area contributed by atoms with E-state index in [1.165, 1.54) is 11.4 Å². The van der Waals surface area contributed by atoms with Gasteiger partial charge in [0.1, 0.15) is 0 Å². The minimum absolute atomic E-state index is 0.178. The van der Waals surface area contributed by atoms with Crippen LogP contribution in [-0.4, -0.2) is 44.3 Å². The maximum atomic E-state index is 11.0. The van der Waals surface area contributed by atoms with Gasteiger partial charge in [-0.25, -0.2) is 0 Å². The summed E-state index contributed by atoms with van der Waals surface area (Å²) in [5, 5.41) is 9.03. The van der Waals surface area contributed by atoms with E-state index in [1.807, 2.05) is 0 Å². The zero-order chi connectivity index (χ0) is 15.2. The van der Waals surface area contributed by atoms with Crippen LogP contribution in [0.1, 0.15) is 19.3 Å². The topological polar surface area (TPSA) is 69.8 Å². The normalized spacial score (nSPS) is 16.0. The fraction of sp³-hybridized carbons (Fsp3) is 0.562. The molecule has 1 aromatic rings. The first-order valence-electron chi connectivity index (χ1n) is 7.61. The minimum atomic E-state index is -0.661. The number of carboxylic acids is 1. The van der Waals surface area contributed by atoms with Crippen molar-refractivity contribution in [1.29, 1.82) is 0 Å². The molecule has 1 heterocycles. The molecule has 0 bridgehead atoms. The van der Waals surface area contributed by atoms with E-state index in [2.05, 4.69) is 41.1 Å². The summed E-state index contributed by atoms with van der Waals surface area (Å²) in [6, 6.07) is 8.48. The molecule has 0 atom stereocenters. The van der Waals surface area contributed by atoms with Crippen LogP contribution in [0, 0.1) is 5.92 Å². The van der Waals surface area contributed by atoms with Crippen LogP contribution in [0.5, 0.6) is 0 Å². The van der Waals surface area contributed by atoms with Crippen molar-refractivity contribution in [3.05, 3.63) is 24.3 Å². The zero-order valence-electron chi connectivity index (χ0n) is 12.7. The van der Waals surface area contributed by atoms with Crippen LogP contribution in [0.3, 0.4) is 0 Å². The van der Waals surface area contributed by atoms with E-state index in [4.69, 9.17) is 10.8 Å². The van der Waals surface area contributed by atoms with Crippen molar-refractivity contribution in [2.75, 3.05) is 43.0 Å². The number of rotatable bonds is 6. The van der Waals surface area contributed by atoms with Crippen molar-refractivity contribution < 1.29 is 9.90 Å². The van der Waals surface area contributed by atoms with E-state index >= 15 is 0 Å². The molecule has 5 nitrogen and oxygen atoms in total. The molecule has 1 aliphatic heterocycles. The lowest BCUT2D eigenvalue weighted by atomic mass is 9.97. The van der Waals surface area contributed by atoms with E-state index in [0.717, 1.165) is 38.9 Å². The molecule has 0 radical (unpaired) electrons. The monoisotopic (exact) mass is 291 g/mol. The van der Waals surface area contributed by atoms with Gasteiger partial charge in [0.15, 0.2) is 0 Å². The molecule has 21 heavy (non-hydrogen) atoms. The summed E-state index contributed by atoms with van der Waals surface area (Å²) < 4.78 is 0. The molecule has 3 N–H and O–H groups in total. The number of carboxylic acid groups (broad SMARTS) is 1. The van der Waals surface area contributed by atoms with E-state index < -0.39 is 5.97 Å².